The van der Waals surface area contributed by atoms with Gasteiger partial charge in [0.05, 0.1) is 0 Å². The number of likely N-dealkylation sites (tertiary alicyclic amines) is 1. The molecule has 0 spiro atoms. The fourth-order valence-corrected chi connectivity index (χ4v) is 2.67. The summed E-state index contributed by atoms with van der Waals surface area (Å²) in [5.74, 6) is 0.713. The van der Waals surface area contributed by atoms with Crippen molar-refractivity contribution in [2.75, 3.05) is 46.3 Å². The van der Waals surface area contributed by atoms with Crippen molar-refractivity contribution in [3.05, 3.63) is 0 Å². The summed E-state index contributed by atoms with van der Waals surface area (Å²) in [6.07, 6.45) is 2.18. The minimum atomic E-state index is -0.00304. The first kappa shape index (κ1) is 14.3. The average Bonchev–Trinajstić information content (AvgIpc) is 2.40. The van der Waals surface area contributed by atoms with Gasteiger partial charge in [-0.15, -0.1) is 0 Å². The van der Waals surface area contributed by atoms with Gasteiger partial charge in [0.1, 0.15) is 6.42 Å². The summed E-state index contributed by atoms with van der Waals surface area (Å²) in [6.45, 7) is 7.16. The van der Waals surface area contributed by atoms with Crippen molar-refractivity contribution in [3.8, 4) is 0 Å². The van der Waals surface area contributed by atoms with Gasteiger partial charge < -0.3 is 14.7 Å². The third kappa shape index (κ3) is 3.93. The van der Waals surface area contributed by atoms with Crippen LogP contribution in [-0.4, -0.2) is 72.8 Å². The highest BCUT2D eigenvalue weighted by atomic mass is 16.2. The molecular formula is C14H25N3O2. The third-order valence-electron chi connectivity index (χ3n) is 4.29. The lowest BCUT2D eigenvalue weighted by Crippen LogP contribution is -2.48. The highest BCUT2D eigenvalue weighted by molar-refractivity contribution is 5.97. The van der Waals surface area contributed by atoms with Gasteiger partial charge in [-0.05, 0) is 25.8 Å². The first-order valence-corrected chi connectivity index (χ1v) is 7.30. The summed E-state index contributed by atoms with van der Waals surface area (Å²) in [4.78, 5) is 30.1. The van der Waals surface area contributed by atoms with Crippen LogP contribution in [0.25, 0.3) is 0 Å². The second kappa shape index (κ2) is 6.37. The minimum Gasteiger partial charge on any atom is -0.342 e. The number of hydrogen-bond acceptors (Lipinski definition) is 3. The number of piperazine rings is 1. The Morgan fingerprint density at radius 2 is 1.37 bits per heavy atom. The molecule has 0 radical (unpaired) electrons. The van der Waals surface area contributed by atoms with Crippen LogP contribution in [0.5, 0.6) is 0 Å². The van der Waals surface area contributed by atoms with Crippen LogP contribution in [0.2, 0.25) is 0 Å². The monoisotopic (exact) mass is 267 g/mol. The highest BCUT2D eigenvalue weighted by Gasteiger charge is 2.25. The molecule has 0 aromatic carbocycles. The van der Waals surface area contributed by atoms with Crippen molar-refractivity contribution in [3.63, 3.8) is 0 Å². The van der Waals surface area contributed by atoms with Gasteiger partial charge in [-0.1, -0.05) is 6.92 Å². The molecule has 0 aromatic heterocycles. The summed E-state index contributed by atoms with van der Waals surface area (Å²) < 4.78 is 0. The number of amides is 2. The Labute approximate surface area is 115 Å². The van der Waals surface area contributed by atoms with Crippen LogP contribution >= 0.6 is 0 Å². The first-order valence-electron chi connectivity index (χ1n) is 7.30. The molecule has 0 unspecified atom stereocenters. The van der Waals surface area contributed by atoms with E-state index in [0.29, 0.717) is 5.92 Å². The zero-order valence-electron chi connectivity index (χ0n) is 12.1. The van der Waals surface area contributed by atoms with Gasteiger partial charge >= 0.3 is 0 Å². The molecule has 0 N–H and O–H groups in total. The standard InChI is InChI=1S/C14H25N3O2/c1-12-3-5-16(6-4-12)13(18)11-14(19)17-9-7-15(2)8-10-17/h12H,3-11H2,1-2H3. The second-order valence-electron chi connectivity index (χ2n) is 5.92. The normalized spacial score (nSPS) is 22.6. The molecule has 2 aliphatic rings. The van der Waals surface area contributed by atoms with E-state index in [1.54, 1.807) is 0 Å². The SMILES string of the molecule is CC1CCN(C(=O)CC(=O)N2CCN(C)CC2)CC1. The molecule has 2 amide bonds. The zero-order valence-corrected chi connectivity index (χ0v) is 12.1. The Bertz CT molecular complexity index is 298. The van der Waals surface area contributed by atoms with Crippen LogP contribution in [0.15, 0.2) is 0 Å². The summed E-state index contributed by atoms with van der Waals surface area (Å²) in [5, 5.41) is 0. The summed E-state index contributed by atoms with van der Waals surface area (Å²) in [7, 11) is 2.06. The highest BCUT2D eigenvalue weighted by Crippen LogP contribution is 2.17. The van der Waals surface area contributed by atoms with Crippen LogP contribution in [0.1, 0.15) is 26.2 Å². The van der Waals surface area contributed by atoms with Gasteiger partial charge in [-0.3, -0.25) is 9.59 Å². The third-order valence-corrected chi connectivity index (χ3v) is 4.29. The smallest absolute Gasteiger partial charge is 0.232 e. The number of nitrogens with zero attached hydrogens (tertiary/aromatic N) is 3. The van der Waals surface area contributed by atoms with Crippen molar-refractivity contribution in [2.45, 2.75) is 26.2 Å². The summed E-state index contributed by atoms with van der Waals surface area (Å²) in [6, 6.07) is 0. The maximum absolute atomic E-state index is 12.1. The van der Waals surface area contributed by atoms with E-state index in [4.69, 9.17) is 0 Å². The van der Waals surface area contributed by atoms with E-state index in [9.17, 15) is 9.59 Å². The largest absolute Gasteiger partial charge is 0.342 e. The fraction of sp³-hybridized carbons (Fsp3) is 0.857. The van der Waals surface area contributed by atoms with Crippen molar-refractivity contribution < 1.29 is 9.59 Å². The molecule has 2 rings (SSSR count). The molecule has 0 aromatic rings. The summed E-state index contributed by atoms with van der Waals surface area (Å²) >= 11 is 0. The Kier molecular flexibility index (Phi) is 4.80. The lowest BCUT2D eigenvalue weighted by molar-refractivity contribution is -0.142. The molecule has 19 heavy (non-hydrogen) atoms. The number of hydrogen-bond donors (Lipinski definition) is 0. The first-order chi connectivity index (χ1) is 9.06. The van der Waals surface area contributed by atoms with E-state index in [1.165, 1.54) is 0 Å². The minimum absolute atomic E-state index is 0.00304. The number of rotatable bonds is 2. The predicted molar refractivity (Wildman–Crippen MR) is 73.7 cm³/mol. The molecule has 0 aliphatic carbocycles. The molecule has 0 bridgehead atoms. The van der Waals surface area contributed by atoms with Crippen LogP contribution in [0.3, 0.4) is 0 Å². The molecule has 2 fully saturated rings. The van der Waals surface area contributed by atoms with Crippen molar-refractivity contribution in [1.29, 1.82) is 0 Å². The van der Waals surface area contributed by atoms with Crippen LogP contribution < -0.4 is 0 Å². The molecule has 0 saturated carbocycles. The number of carbonyl (C=O) groups excluding carboxylic acids is 2. The molecule has 108 valence electrons. The molecule has 0 atom stereocenters. The van der Waals surface area contributed by atoms with Gasteiger partial charge in [-0.25, -0.2) is 0 Å². The van der Waals surface area contributed by atoms with Gasteiger partial charge in [0.15, 0.2) is 0 Å². The number of likely N-dealkylation sites (N-methyl/N-ethyl adjacent to an activating group) is 1. The molecule has 5 heteroatoms. The van der Waals surface area contributed by atoms with Crippen LogP contribution in [0.4, 0.5) is 0 Å². The molecule has 2 saturated heterocycles. The van der Waals surface area contributed by atoms with E-state index in [2.05, 4.69) is 18.9 Å². The van der Waals surface area contributed by atoms with E-state index >= 15 is 0 Å². The van der Waals surface area contributed by atoms with Crippen molar-refractivity contribution in [1.82, 2.24) is 14.7 Å². The number of piperidine rings is 1. The molecular weight excluding hydrogens is 242 g/mol. The summed E-state index contributed by atoms with van der Waals surface area (Å²) in [5.41, 5.74) is 0. The van der Waals surface area contributed by atoms with Crippen molar-refractivity contribution >= 4 is 11.8 Å². The maximum atomic E-state index is 12.1. The second-order valence-corrected chi connectivity index (χ2v) is 5.92. The zero-order chi connectivity index (χ0) is 13.8. The Morgan fingerprint density at radius 1 is 0.895 bits per heavy atom. The lowest BCUT2D eigenvalue weighted by Gasteiger charge is -2.34. The van der Waals surface area contributed by atoms with Crippen molar-refractivity contribution in [2.24, 2.45) is 5.92 Å². The maximum Gasteiger partial charge on any atom is 0.232 e. The molecule has 5 nitrogen and oxygen atoms in total. The van der Waals surface area contributed by atoms with Gasteiger partial charge in [-0.2, -0.15) is 0 Å². The predicted octanol–water partition coefficient (Wildman–Crippen LogP) is 0.409. The Balaban J connectivity index is 1.77. The molecule has 2 aliphatic heterocycles. The van der Waals surface area contributed by atoms with Crippen LogP contribution in [0, 0.1) is 5.92 Å². The molecule has 2 heterocycles. The Morgan fingerprint density at radius 3 is 1.89 bits per heavy atom. The van der Waals surface area contributed by atoms with E-state index in [1.807, 2.05) is 9.80 Å². The van der Waals surface area contributed by atoms with Crippen LogP contribution in [-0.2, 0) is 9.59 Å². The van der Waals surface area contributed by atoms with E-state index in [0.717, 1.165) is 52.1 Å². The van der Waals surface area contributed by atoms with E-state index < -0.39 is 0 Å². The topological polar surface area (TPSA) is 43.9 Å². The van der Waals surface area contributed by atoms with Gasteiger partial charge in [0, 0.05) is 39.3 Å². The Hall–Kier alpha value is -1.10. The lowest BCUT2D eigenvalue weighted by atomic mass is 9.99. The average molecular weight is 267 g/mol. The van der Waals surface area contributed by atoms with Gasteiger partial charge in [0.2, 0.25) is 11.8 Å². The van der Waals surface area contributed by atoms with Gasteiger partial charge in [0.25, 0.3) is 0 Å². The fourth-order valence-electron chi connectivity index (χ4n) is 2.67. The van der Waals surface area contributed by atoms with E-state index in [-0.39, 0.29) is 18.2 Å². The quantitative estimate of drug-likeness (QED) is 0.681. The number of carbonyl (C=O) groups is 2.